The monoisotopic (exact) mass is 351 g/mol. The van der Waals surface area contributed by atoms with Crippen LogP contribution >= 0.6 is 15.9 Å². The van der Waals surface area contributed by atoms with E-state index in [-0.39, 0.29) is 12.2 Å². The van der Waals surface area contributed by atoms with Crippen molar-refractivity contribution >= 4 is 33.4 Å². The fourth-order valence-corrected chi connectivity index (χ4v) is 2.16. The average Bonchev–Trinajstić information content (AvgIpc) is 2.48. The fraction of sp³-hybridized carbons (Fsp3) is 0.214. The first-order valence-electron chi connectivity index (χ1n) is 6.25. The lowest BCUT2D eigenvalue weighted by atomic mass is 10.2. The van der Waals surface area contributed by atoms with Crippen molar-refractivity contribution in [3.63, 3.8) is 0 Å². The Morgan fingerprint density at radius 2 is 2.10 bits per heavy atom. The molecule has 2 aromatic rings. The molecule has 0 aliphatic heterocycles. The number of anilines is 2. The van der Waals surface area contributed by atoms with Gasteiger partial charge in [0.2, 0.25) is 0 Å². The van der Waals surface area contributed by atoms with Crippen LogP contribution in [0.4, 0.5) is 11.5 Å². The number of aromatic nitrogens is 2. The van der Waals surface area contributed by atoms with E-state index in [1.54, 1.807) is 14.0 Å². The number of carbonyl (C=O) groups excluding carboxylic acids is 1. The molecule has 0 saturated heterocycles. The van der Waals surface area contributed by atoms with Crippen LogP contribution in [-0.2, 0) is 4.74 Å². The van der Waals surface area contributed by atoms with Gasteiger partial charge >= 0.3 is 5.97 Å². The summed E-state index contributed by atoms with van der Waals surface area (Å²) < 4.78 is 10.7. The van der Waals surface area contributed by atoms with Crippen LogP contribution < -0.4 is 10.1 Å². The highest BCUT2D eigenvalue weighted by atomic mass is 79.9. The molecule has 1 N–H and O–H groups in total. The lowest BCUT2D eigenvalue weighted by Crippen LogP contribution is -2.11. The van der Waals surface area contributed by atoms with Crippen molar-refractivity contribution < 1.29 is 14.3 Å². The van der Waals surface area contributed by atoms with Crippen molar-refractivity contribution in [3.05, 3.63) is 40.8 Å². The third kappa shape index (κ3) is 3.49. The summed E-state index contributed by atoms with van der Waals surface area (Å²) in [4.78, 5) is 20.1. The lowest BCUT2D eigenvalue weighted by Gasteiger charge is -2.13. The van der Waals surface area contributed by atoms with Gasteiger partial charge in [-0.05, 0) is 35.0 Å². The van der Waals surface area contributed by atoms with E-state index in [0.717, 1.165) is 0 Å². The normalized spacial score (nSPS) is 10.0. The third-order valence-corrected chi connectivity index (χ3v) is 3.24. The first-order chi connectivity index (χ1) is 10.2. The standard InChI is InChI=1S/C14H14BrN3O3/c1-3-21-14(19)11-12(15)16-8-17-13(11)18-9-6-4-5-7-10(9)20-2/h4-8H,3H2,1-2H3,(H,16,17,18). The van der Waals surface area contributed by atoms with Gasteiger partial charge in [0.05, 0.1) is 19.4 Å². The second-order valence-corrected chi connectivity index (χ2v) is 4.68. The van der Waals surface area contributed by atoms with Gasteiger partial charge in [0.15, 0.2) is 0 Å². The Labute approximate surface area is 130 Å². The summed E-state index contributed by atoms with van der Waals surface area (Å²) in [7, 11) is 1.57. The Hall–Kier alpha value is -2.15. The number of esters is 1. The average molecular weight is 352 g/mol. The van der Waals surface area contributed by atoms with Crippen LogP contribution in [0.25, 0.3) is 0 Å². The molecule has 2 rings (SSSR count). The minimum absolute atomic E-state index is 0.241. The number of hydrogen-bond donors (Lipinski definition) is 1. The van der Waals surface area contributed by atoms with Gasteiger partial charge < -0.3 is 14.8 Å². The molecule has 0 radical (unpaired) electrons. The van der Waals surface area contributed by atoms with Crippen molar-refractivity contribution in [2.45, 2.75) is 6.92 Å². The first-order valence-corrected chi connectivity index (χ1v) is 7.04. The van der Waals surface area contributed by atoms with Crippen LogP contribution in [0.1, 0.15) is 17.3 Å². The van der Waals surface area contributed by atoms with Gasteiger partial charge in [-0.1, -0.05) is 12.1 Å². The van der Waals surface area contributed by atoms with Crippen LogP contribution in [0.5, 0.6) is 5.75 Å². The zero-order valence-electron chi connectivity index (χ0n) is 11.6. The maximum atomic E-state index is 12.0. The highest BCUT2D eigenvalue weighted by Gasteiger charge is 2.19. The Bertz CT molecular complexity index is 649. The molecule has 0 unspecified atom stereocenters. The summed E-state index contributed by atoms with van der Waals surface area (Å²) in [6.07, 6.45) is 1.35. The number of halogens is 1. The summed E-state index contributed by atoms with van der Waals surface area (Å²) >= 11 is 3.24. The number of carbonyl (C=O) groups is 1. The third-order valence-electron chi connectivity index (χ3n) is 2.64. The van der Waals surface area contributed by atoms with Gasteiger partial charge in [0.1, 0.15) is 28.1 Å². The van der Waals surface area contributed by atoms with Crippen molar-refractivity contribution in [1.29, 1.82) is 0 Å². The molecule has 7 heteroatoms. The van der Waals surface area contributed by atoms with Gasteiger partial charge in [-0.3, -0.25) is 0 Å². The summed E-state index contributed by atoms with van der Waals surface area (Å²) in [6, 6.07) is 7.34. The van der Waals surface area contributed by atoms with Crippen LogP contribution in [0, 0.1) is 0 Å². The molecular formula is C14H14BrN3O3. The molecule has 6 nitrogen and oxygen atoms in total. The quantitative estimate of drug-likeness (QED) is 0.658. The van der Waals surface area contributed by atoms with Gasteiger partial charge in [-0.15, -0.1) is 0 Å². The number of para-hydroxylation sites is 2. The van der Waals surface area contributed by atoms with E-state index in [1.165, 1.54) is 6.33 Å². The molecule has 0 spiro atoms. The number of nitrogens with zero attached hydrogens (tertiary/aromatic N) is 2. The second-order valence-electron chi connectivity index (χ2n) is 3.93. The molecule has 0 saturated carbocycles. The number of benzene rings is 1. The van der Waals surface area contributed by atoms with Gasteiger partial charge in [0.25, 0.3) is 0 Å². The van der Waals surface area contributed by atoms with Crippen LogP contribution in [-0.4, -0.2) is 29.7 Å². The molecular weight excluding hydrogens is 338 g/mol. The molecule has 1 aromatic carbocycles. The van der Waals surface area contributed by atoms with Crippen molar-refractivity contribution in [1.82, 2.24) is 9.97 Å². The largest absolute Gasteiger partial charge is 0.495 e. The van der Waals surface area contributed by atoms with Gasteiger partial charge in [-0.25, -0.2) is 14.8 Å². The maximum Gasteiger partial charge on any atom is 0.344 e. The summed E-state index contributed by atoms with van der Waals surface area (Å²) in [5.74, 6) is 0.490. The molecule has 0 aliphatic carbocycles. The topological polar surface area (TPSA) is 73.3 Å². The van der Waals surface area contributed by atoms with E-state index < -0.39 is 5.97 Å². The van der Waals surface area contributed by atoms with Gasteiger partial charge in [-0.2, -0.15) is 0 Å². The van der Waals surface area contributed by atoms with Gasteiger partial charge in [0, 0.05) is 0 Å². The highest BCUT2D eigenvalue weighted by Crippen LogP contribution is 2.29. The number of nitrogens with one attached hydrogen (secondary N) is 1. The Balaban J connectivity index is 2.40. The summed E-state index contributed by atoms with van der Waals surface area (Å²) in [5.41, 5.74) is 0.932. The number of ether oxygens (including phenoxy) is 2. The fourth-order valence-electron chi connectivity index (χ4n) is 1.72. The number of rotatable bonds is 5. The van der Waals surface area contributed by atoms with E-state index in [9.17, 15) is 4.79 Å². The molecule has 1 heterocycles. The second kappa shape index (κ2) is 7.03. The number of methoxy groups -OCH3 is 1. The highest BCUT2D eigenvalue weighted by molar-refractivity contribution is 9.10. The Morgan fingerprint density at radius 3 is 2.81 bits per heavy atom. The smallest absolute Gasteiger partial charge is 0.344 e. The van der Waals surface area contributed by atoms with Crippen molar-refractivity contribution in [3.8, 4) is 5.75 Å². The number of hydrogen-bond acceptors (Lipinski definition) is 6. The zero-order chi connectivity index (χ0) is 15.2. The molecule has 1 aromatic heterocycles. The molecule has 0 bridgehead atoms. The summed E-state index contributed by atoms with van der Waals surface area (Å²) in [5, 5.41) is 3.07. The molecule has 21 heavy (non-hydrogen) atoms. The van der Waals surface area contributed by atoms with E-state index in [0.29, 0.717) is 21.9 Å². The molecule has 0 amide bonds. The van der Waals surface area contributed by atoms with Crippen molar-refractivity contribution in [2.75, 3.05) is 19.0 Å². The molecule has 0 fully saturated rings. The minimum atomic E-state index is -0.498. The van der Waals surface area contributed by atoms with E-state index in [1.807, 2.05) is 24.3 Å². The van der Waals surface area contributed by atoms with Crippen LogP contribution in [0.15, 0.2) is 35.2 Å². The SMILES string of the molecule is CCOC(=O)c1c(Br)ncnc1Nc1ccccc1OC. The molecule has 110 valence electrons. The Kier molecular flexibility index (Phi) is 5.10. The van der Waals surface area contributed by atoms with E-state index >= 15 is 0 Å². The molecule has 0 atom stereocenters. The van der Waals surface area contributed by atoms with E-state index in [2.05, 4.69) is 31.2 Å². The predicted octanol–water partition coefficient (Wildman–Crippen LogP) is 3.17. The minimum Gasteiger partial charge on any atom is -0.495 e. The molecule has 0 aliphatic rings. The van der Waals surface area contributed by atoms with Crippen LogP contribution in [0.3, 0.4) is 0 Å². The van der Waals surface area contributed by atoms with Crippen molar-refractivity contribution in [2.24, 2.45) is 0 Å². The van der Waals surface area contributed by atoms with E-state index in [4.69, 9.17) is 9.47 Å². The zero-order valence-corrected chi connectivity index (χ0v) is 13.2. The van der Waals surface area contributed by atoms with Crippen LogP contribution in [0.2, 0.25) is 0 Å². The predicted molar refractivity (Wildman–Crippen MR) is 82.0 cm³/mol. The summed E-state index contributed by atoms with van der Waals surface area (Å²) in [6.45, 7) is 2.01. The lowest BCUT2D eigenvalue weighted by molar-refractivity contribution is 0.0525. The maximum absolute atomic E-state index is 12.0. The first kappa shape index (κ1) is 15.2. The Morgan fingerprint density at radius 1 is 1.33 bits per heavy atom.